The molecule has 0 bridgehead atoms. The molecule has 1 heterocycles. The van der Waals surface area contributed by atoms with E-state index in [9.17, 15) is 5.11 Å². The number of rotatable bonds is 1. The van der Waals surface area contributed by atoms with Gasteiger partial charge in [-0.05, 0) is 31.6 Å². The molecule has 0 aromatic carbocycles. The SMILES string of the molecule is CC(C)(C)C(O)C1(C)CCCCO1. The molecule has 1 aliphatic rings. The molecular weight excluding hydrogens is 164 g/mol. The molecule has 2 atom stereocenters. The minimum absolute atomic E-state index is 0.0912. The van der Waals surface area contributed by atoms with Crippen LogP contribution in [0.4, 0.5) is 0 Å². The van der Waals surface area contributed by atoms with E-state index >= 15 is 0 Å². The van der Waals surface area contributed by atoms with Gasteiger partial charge in [-0.1, -0.05) is 20.8 Å². The van der Waals surface area contributed by atoms with Crippen LogP contribution in [0.25, 0.3) is 0 Å². The van der Waals surface area contributed by atoms with Gasteiger partial charge in [0.1, 0.15) is 0 Å². The smallest absolute Gasteiger partial charge is 0.0917 e. The van der Waals surface area contributed by atoms with Crippen LogP contribution in [0, 0.1) is 5.41 Å². The Morgan fingerprint density at radius 3 is 2.31 bits per heavy atom. The zero-order chi connectivity index (χ0) is 10.1. The van der Waals surface area contributed by atoms with Gasteiger partial charge in [0.15, 0.2) is 0 Å². The summed E-state index contributed by atoms with van der Waals surface area (Å²) in [5, 5.41) is 10.1. The van der Waals surface area contributed by atoms with Gasteiger partial charge < -0.3 is 9.84 Å². The van der Waals surface area contributed by atoms with E-state index in [-0.39, 0.29) is 17.1 Å². The second-order valence-electron chi connectivity index (χ2n) is 5.39. The monoisotopic (exact) mass is 186 g/mol. The zero-order valence-electron chi connectivity index (χ0n) is 9.26. The van der Waals surface area contributed by atoms with Gasteiger partial charge in [-0.3, -0.25) is 0 Å². The van der Waals surface area contributed by atoms with E-state index < -0.39 is 0 Å². The minimum atomic E-state index is -0.375. The lowest BCUT2D eigenvalue weighted by atomic mass is 9.76. The molecule has 2 unspecified atom stereocenters. The van der Waals surface area contributed by atoms with Crippen LogP contribution in [0.1, 0.15) is 47.0 Å². The summed E-state index contributed by atoms with van der Waals surface area (Å²) in [6.07, 6.45) is 2.90. The summed E-state index contributed by atoms with van der Waals surface area (Å²) in [4.78, 5) is 0. The Kier molecular flexibility index (Phi) is 3.03. The molecule has 0 amide bonds. The Balaban J connectivity index is 2.67. The maximum Gasteiger partial charge on any atom is 0.0917 e. The molecule has 2 heteroatoms. The lowest BCUT2D eigenvalue weighted by Gasteiger charge is -2.43. The van der Waals surface area contributed by atoms with E-state index in [1.165, 1.54) is 6.42 Å². The molecule has 78 valence electrons. The summed E-state index contributed by atoms with van der Waals surface area (Å²) in [5.74, 6) is 0. The van der Waals surface area contributed by atoms with Gasteiger partial charge in [-0.2, -0.15) is 0 Å². The first kappa shape index (κ1) is 11.0. The normalized spacial score (nSPS) is 33.0. The van der Waals surface area contributed by atoms with Gasteiger partial charge in [0.2, 0.25) is 0 Å². The molecule has 1 aliphatic heterocycles. The van der Waals surface area contributed by atoms with Crippen LogP contribution >= 0.6 is 0 Å². The average molecular weight is 186 g/mol. The number of aliphatic hydroxyl groups is 1. The van der Waals surface area contributed by atoms with Crippen LogP contribution < -0.4 is 0 Å². The predicted molar refractivity (Wildman–Crippen MR) is 53.7 cm³/mol. The molecule has 1 N–H and O–H groups in total. The molecule has 1 fully saturated rings. The van der Waals surface area contributed by atoms with Crippen molar-refractivity contribution >= 4 is 0 Å². The van der Waals surface area contributed by atoms with Gasteiger partial charge in [0.25, 0.3) is 0 Å². The van der Waals surface area contributed by atoms with Gasteiger partial charge in [0.05, 0.1) is 11.7 Å². The fourth-order valence-corrected chi connectivity index (χ4v) is 2.09. The average Bonchev–Trinajstić information content (AvgIpc) is 2.03. The summed E-state index contributed by atoms with van der Waals surface area (Å²) in [7, 11) is 0. The third-order valence-electron chi connectivity index (χ3n) is 2.90. The first-order valence-corrected chi connectivity index (χ1v) is 5.18. The number of aliphatic hydroxyl groups excluding tert-OH is 1. The first-order valence-electron chi connectivity index (χ1n) is 5.18. The van der Waals surface area contributed by atoms with Crippen LogP contribution in [-0.4, -0.2) is 23.4 Å². The molecule has 1 saturated heterocycles. The Bertz CT molecular complexity index is 163. The third kappa shape index (κ3) is 2.44. The zero-order valence-corrected chi connectivity index (χ0v) is 9.26. The molecule has 0 aromatic rings. The number of hydrogen-bond donors (Lipinski definition) is 1. The van der Waals surface area contributed by atoms with Crippen molar-refractivity contribution in [2.75, 3.05) is 6.61 Å². The van der Waals surface area contributed by atoms with E-state index in [0.717, 1.165) is 19.4 Å². The number of ether oxygens (including phenoxy) is 1. The van der Waals surface area contributed by atoms with Crippen LogP contribution in [-0.2, 0) is 4.74 Å². The molecular formula is C11H22O2. The Morgan fingerprint density at radius 2 is 1.92 bits per heavy atom. The van der Waals surface area contributed by atoms with Gasteiger partial charge in [-0.25, -0.2) is 0 Å². The van der Waals surface area contributed by atoms with E-state index in [2.05, 4.69) is 20.8 Å². The third-order valence-corrected chi connectivity index (χ3v) is 2.90. The standard InChI is InChI=1S/C11H22O2/c1-10(2,3)9(12)11(4)7-5-6-8-13-11/h9,12H,5-8H2,1-4H3. The summed E-state index contributed by atoms with van der Waals surface area (Å²) < 4.78 is 5.70. The van der Waals surface area contributed by atoms with Gasteiger partial charge in [-0.15, -0.1) is 0 Å². The van der Waals surface area contributed by atoms with E-state index in [0.29, 0.717) is 0 Å². The van der Waals surface area contributed by atoms with Crippen molar-refractivity contribution in [2.45, 2.75) is 58.7 Å². The fraction of sp³-hybridized carbons (Fsp3) is 1.00. The molecule has 2 nitrogen and oxygen atoms in total. The van der Waals surface area contributed by atoms with Crippen LogP contribution in [0.15, 0.2) is 0 Å². The second kappa shape index (κ2) is 3.58. The largest absolute Gasteiger partial charge is 0.390 e. The maximum atomic E-state index is 10.1. The van der Waals surface area contributed by atoms with Crippen molar-refractivity contribution in [2.24, 2.45) is 5.41 Å². The number of hydrogen-bond acceptors (Lipinski definition) is 2. The first-order chi connectivity index (χ1) is 5.86. The lowest BCUT2D eigenvalue weighted by Crippen LogP contribution is -2.50. The van der Waals surface area contributed by atoms with Crippen molar-refractivity contribution in [3.63, 3.8) is 0 Å². The minimum Gasteiger partial charge on any atom is -0.390 e. The molecule has 0 saturated carbocycles. The summed E-state index contributed by atoms with van der Waals surface area (Å²) >= 11 is 0. The highest BCUT2D eigenvalue weighted by Crippen LogP contribution is 2.36. The highest BCUT2D eigenvalue weighted by atomic mass is 16.5. The van der Waals surface area contributed by atoms with Crippen molar-refractivity contribution in [1.82, 2.24) is 0 Å². The molecule has 0 aromatic heterocycles. The molecule has 13 heavy (non-hydrogen) atoms. The van der Waals surface area contributed by atoms with Crippen molar-refractivity contribution < 1.29 is 9.84 Å². The highest BCUT2D eigenvalue weighted by Gasteiger charge is 2.41. The Morgan fingerprint density at radius 1 is 1.31 bits per heavy atom. The van der Waals surface area contributed by atoms with Gasteiger partial charge >= 0.3 is 0 Å². The quantitative estimate of drug-likeness (QED) is 0.681. The predicted octanol–water partition coefficient (Wildman–Crippen LogP) is 2.35. The molecule has 0 radical (unpaired) electrons. The van der Waals surface area contributed by atoms with Crippen LogP contribution in [0.2, 0.25) is 0 Å². The van der Waals surface area contributed by atoms with Crippen LogP contribution in [0.5, 0.6) is 0 Å². The Hall–Kier alpha value is -0.0800. The van der Waals surface area contributed by atoms with Crippen molar-refractivity contribution in [3.8, 4) is 0 Å². The Labute approximate surface area is 81.3 Å². The highest BCUT2D eigenvalue weighted by molar-refractivity contribution is 4.92. The van der Waals surface area contributed by atoms with E-state index in [4.69, 9.17) is 4.74 Å². The molecule has 0 aliphatic carbocycles. The topological polar surface area (TPSA) is 29.5 Å². The van der Waals surface area contributed by atoms with Crippen molar-refractivity contribution in [3.05, 3.63) is 0 Å². The van der Waals surface area contributed by atoms with Gasteiger partial charge in [0, 0.05) is 6.61 Å². The second-order valence-corrected chi connectivity index (χ2v) is 5.39. The summed E-state index contributed by atoms with van der Waals surface area (Å²) in [5.41, 5.74) is -0.414. The molecule has 0 spiro atoms. The summed E-state index contributed by atoms with van der Waals surface area (Å²) in [6.45, 7) is 8.99. The molecule has 1 rings (SSSR count). The van der Waals surface area contributed by atoms with Crippen molar-refractivity contribution in [1.29, 1.82) is 0 Å². The maximum absolute atomic E-state index is 10.1. The van der Waals surface area contributed by atoms with Crippen LogP contribution in [0.3, 0.4) is 0 Å². The fourth-order valence-electron chi connectivity index (χ4n) is 2.09. The summed E-state index contributed by atoms with van der Waals surface area (Å²) in [6, 6.07) is 0. The van der Waals surface area contributed by atoms with E-state index in [1.807, 2.05) is 6.92 Å². The lowest BCUT2D eigenvalue weighted by molar-refractivity contribution is -0.166. The van der Waals surface area contributed by atoms with E-state index in [1.54, 1.807) is 0 Å².